The molecule has 0 aliphatic rings. The van der Waals surface area contributed by atoms with Gasteiger partial charge in [-0.25, -0.2) is 0 Å². The molecule has 0 aliphatic heterocycles. The number of alkyl halides is 6. The molecule has 0 atom stereocenters. The second-order valence-corrected chi connectivity index (χ2v) is 16.9. The van der Waals surface area contributed by atoms with E-state index >= 15 is 0 Å². The lowest BCUT2D eigenvalue weighted by Gasteiger charge is -2.21. The first-order valence-corrected chi connectivity index (χ1v) is 21.6. The number of aromatic nitrogens is 2. The quantitative estimate of drug-likeness (QED) is 0.165. The standard InChI is InChI=1S/C57H29F6N3O2/c58-56(59,60)33-26-32(27-34(28-33)57(61,62)63)36-19-18-35(65-45-13-5-1-11-41(45)52-48(65)23-20-39-37-9-3-7-15-50(37)67-54(39)52)29-43(36)44-25-31(30-64)17-22-47(44)66-46-14-6-2-12-42(46)53-49(66)24-21-40-38-10-4-8-16-51(38)68-55(40)53/h1-29H. The van der Waals surface area contributed by atoms with Crippen molar-refractivity contribution >= 4 is 87.5 Å². The average Bonchev–Trinajstić information content (AvgIpc) is 4.10. The molecule has 0 N–H and O–H groups in total. The number of fused-ring (bicyclic) bond motifs is 14. The molecule has 0 bridgehead atoms. The number of hydrogen-bond donors (Lipinski definition) is 0. The van der Waals surface area contributed by atoms with Crippen LogP contribution in [0.2, 0.25) is 0 Å². The van der Waals surface area contributed by atoms with E-state index in [1.54, 1.807) is 36.4 Å². The molecule has 326 valence electrons. The maximum atomic E-state index is 14.6. The number of nitriles is 1. The third-order valence-corrected chi connectivity index (χ3v) is 13.2. The van der Waals surface area contributed by atoms with E-state index in [9.17, 15) is 31.6 Å². The molecular formula is C57H29F6N3O2. The Bertz CT molecular complexity index is 4300. The van der Waals surface area contributed by atoms with E-state index in [1.807, 2.05) is 130 Å². The van der Waals surface area contributed by atoms with E-state index in [1.165, 1.54) is 0 Å². The largest absolute Gasteiger partial charge is 0.455 e. The van der Waals surface area contributed by atoms with Gasteiger partial charge < -0.3 is 18.0 Å². The third kappa shape index (κ3) is 5.77. The van der Waals surface area contributed by atoms with Crippen molar-refractivity contribution in [2.45, 2.75) is 12.4 Å². The zero-order chi connectivity index (χ0) is 46.2. The molecule has 68 heavy (non-hydrogen) atoms. The molecule has 4 aromatic heterocycles. The highest BCUT2D eigenvalue weighted by Crippen LogP contribution is 2.47. The number of halogens is 6. The van der Waals surface area contributed by atoms with Crippen molar-refractivity contribution < 1.29 is 35.2 Å². The monoisotopic (exact) mass is 901 g/mol. The SMILES string of the molecule is N#Cc1ccc(-n2c3ccccc3c3c4oc5ccccc5c4ccc32)c(-c2cc(-n3c4ccccc4c4c5oc6ccccc6c5ccc43)ccc2-c2cc(C(F)(F)F)cc(C(F)(F)F)c2)c1. The number of hydrogen-bond acceptors (Lipinski definition) is 3. The van der Waals surface area contributed by atoms with Crippen LogP contribution >= 0.6 is 0 Å². The van der Waals surface area contributed by atoms with Crippen LogP contribution < -0.4 is 0 Å². The third-order valence-electron chi connectivity index (χ3n) is 13.2. The van der Waals surface area contributed by atoms with Crippen LogP contribution in [0, 0.1) is 11.3 Å². The number of rotatable bonds is 4. The van der Waals surface area contributed by atoms with Crippen molar-refractivity contribution in [1.82, 2.24) is 9.13 Å². The average molecular weight is 902 g/mol. The molecule has 0 amide bonds. The van der Waals surface area contributed by atoms with Crippen molar-refractivity contribution in [3.8, 4) is 39.7 Å². The summed E-state index contributed by atoms with van der Waals surface area (Å²) in [6, 6.07) is 53.0. The lowest BCUT2D eigenvalue weighted by Crippen LogP contribution is -2.11. The fraction of sp³-hybridized carbons (Fsp3) is 0.0351. The van der Waals surface area contributed by atoms with Gasteiger partial charge in [-0.3, -0.25) is 0 Å². The Labute approximate surface area is 380 Å². The zero-order valence-corrected chi connectivity index (χ0v) is 35.2. The van der Waals surface area contributed by atoms with Gasteiger partial charge in [-0.15, -0.1) is 0 Å². The number of furan rings is 2. The molecule has 0 saturated carbocycles. The lowest BCUT2D eigenvalue weighted by atomic mass is 9.90. The normalized spacial score (nSPS) is 12.5. The summed E-state index contributed by atoms with van der Waals surface area (Å²) in [4.78, 5) is 0. The van der Waals surface area contributed by atoms with E-state index in [2.05, 4.69) is 6.07 Å². The Morgan fingerprint density at radius 2 is 0.926 bits per heavy atom. The molecule has 0 radical (unpaired) electrons. The molecular weight excluding hydrogens is 873 g/mol. The summed E-state index contributed by atoms with van der Waals surface area (Å²) in [5.41, 5.74) is 4.67. The molecule has 13 rings (SSSR count). The van der Waals surface area contributed by atoms with Gasteiger partial charge in [-0.05, 0) is 114 Å². The van der Waals surface area contributed by atoms with E-state index < -0.39 is 23.5 Å². The number of nitrogens with zero attached hydrogens (tertiary/aromatic N) is 3. The Morgan fingerprint density at radius 1 is 0.412 bits per heavy atom. The Morgan fingerprint density at radius 3 is 1.49 bits per heavy atom. The van der Waals surface area contributed by atoms with Crippen molar-refractivity contribution in [1.29, 1.82) is 5.26 Å². The molecule has 5 nitrogen and oxygen atoms in total. The highest BCUT2D eigenvalue weighted by atomic mass is 19.4. The summed E-state index contributed by atoms with van der Waals surface area (Å²) in [6.45, 7) is 0. The van der Waals surface area contributed by atoms with Crippen molar-refractivity contribution in [3.63, 3.8) is 0 Å². The van der Waals surface area contributed by atoms with Gasteiger partial charge in [0.05, 0.1) is 61.3 Å². The summed E-state index contributed by atoms with van der Waals surface area (Å²) in [7, 11) is 0. The summed E-state index contributed by atoms with van der Waals surface area (Å²) in [5.74, 6) is 0. The van der Waals surface area contributed by atoms with Crippen LogP contribution in [-0.4, -0.2) is 9.13 Å². The first-order valence-electron chi connectivity index (χ1n) is 21.6. The summed E-state index contributed by atoms with van der Waals surface area (Å²) in [5, 5.41) is 17.5. The first kappa shape index (κ1) is 39.6. The molecule has 0 aliphatic carbocycles. The van der Waals surface area contributed by atoms with Gasteiger partial charge in [0.2, 0.25) is 0 Å². The fourth-order valence-corrected chi connectivity index (χ4v) is 10.3. The minimum absolute atomic E-state index is 0.0857. The summed E-state index contributed by atoms with van der Waals surface area (Å²) >= 11 is 0. The Kier molecular flexibility index (Phi) is 8.23. The predicted octanol–water partition coefficient (Wildman–Crippen LogP) is 16.9. The minimum atomic E-state index is -5.10. The second kappa shape index (κ2) is 14.1. The van der Waals surface area contributed by atoms with E-state index in [0.29, 0.717) is 39.3 Å². The van der Waals surface area contributed by atoms with E-state index in [4.69, 9.17) is 8.83 Å². The maximum absolute atomic E-state index is 14.6. The van der Waals surface area contributed by atoms with E-state index in [-0.39, 0.29) is 28.3 Å². The molecule has 0 unspecified atom stereocenters. The molecule has 0 spiro atoms. The molecule has 13 aromatic rings. The van der Waals surface area contributed by atoms with Gasteiger partial charge >= 0.3 is 12.4 Å². The fourth-order valence-electron chi connectivity index (χ4n) is 10.3. The van der Waals surface area contributed by atoms with Crippen molar-refractivity contribution in [3.05, 3.63) is 193 Å². The Balaban J connectivity index is 1.15. The van der Waals surface area contributed by atoms with Crippen LogP contribution in [0.15, 0.2) is 185 Å². The van der Waals surface area contributed by atoms with Crippen LogP contribution in [0.25, 0.3) is 121 Å². The Hall–Kier alpha value is -8.75. The van der Waals surface area contributed by atoms with Gasteiger partial charge in [0.25, 0.3) is 0 Å². The highest BCUT2D eigenvalue weighted by Gasteiger charge is 2.37. The molecule has 9 aromatic carbocycles. The van der Waals surface area contributed by atoms with Gasteiger partial charge in [-0.2, -0.15) is 31.6 Å². The van der Waals surface area contributed by atoms with E-state index in [0.717, 1.165) is 77.3 Å². The minimum Gasteiger partial charge on any atom is -0.455 e. The first-order chi connectivity index (χ1) is 32.9. The summed E-state index contributed by atoms with van der Waals surface area (Å²) in [6.07, 6.45) is -10.2. The second-order valence-electron chi connectivity index (χ2n) is 16.9. The smallest absolute Gasteiger partial charge is 0.416 e. The van der Waals surface area contributed by atoms with Crippen molar-refractivity contribution in [2.24, 2.45) is 0 Å². The predicted molar refractivity (Wildman–Crippen MR) is 255 cm³/mol. The van der Waals surface area contributed by atoms with Crippen molar-refractivity contribution in [2.75, 3.05) is 0 Å². The zero-order valence-electron chi connectivity index (χ0n) is 35.2. The molecule has 4 heterocycles. The molecule has 11 heteroatoms. The van der Waals surface area contributed by atoms with Crippen LogP contribution in [0.5, 0.6) is 0 Å². The summed E-state index contributed by atoms with van der Waals surface area (Å²) < 4.78 is 105. The van der Waals surface area contributed by atoms with Crippen LogP contribution in [0.1, 0.15) is 16.7 Å². The maximum Gasteiger partial charge on any atom is 0.416 e. The topological polar surface area (TPSA) is 59.9 Å². The lowest BCUT2D eigenvalue weighted by molar-refractivity contribution is -0.143. The van der Waals surface area contributed by atoms with Crippen LogP contribution in [-0.2, 0) is 12.4 Å². The van der Waals surface area contributed by atoms with Gasteiger partial charge in [0.15, 0.2) is 0 Å². The molecule has 0 saturated heterocycles. The van der Waals surface area contributed by atoms with Gasteiger partial charge in [0, 0.05) is 43.6 Å². The number of benzene rings is 9. The van der Waals surface area contributed by atoms with Crippen LogP contribution in [0.3, 0.4) is 0 Å². The van der Waals surface area contributed by atoms with Gasteiger partial charge in [0.1, 0.15) is 22.3 Å². The highest BCUT2D eigenvalue weighted by molar-refractivity contribution is 6.25. The number of para-hydroxylation sites is 4. The molecule has 0 fully saturated rings. The van der Waals surface area contributed by atoms with Gasteiger partial charge in [-0.1, -0.05) is 78.9 Å². The van der Waals surface area contributed by atoms with Crippen LogP contribution in [0.4, 0.5) is 26.3 Å².